The van der Waals surface area contributed by atoms with E-state index in [-0.39, 0.29) is 57.8 Å². The fraction of sp³-hybridized carbons (Fsp3) is 0.980. The van der Waals surface area contributed by atoms with Crippen LogP contribution in [0, 0.1) is 0 Å². The van der Waals surface area contributed by atoms with Crippen LogP contribution in [0.2, 0.25) is 0 Å². The summed E-state index contributed by atoms with van der Waals surface area (Å²) in [6.07, 6.45) is 62.1. The number of hydrogen-bond donors (Lipinski definition) is 0. The Morgan fingerprint density at radius 2 is 0.455 bits per heavy atom. The van der Waals surface area contributed by atoms with Gasteiger partial charge in [-0.25, -0.2) is 0 Å². The van der Waals surface area contributed by atoms with E-state index in [9.17, 15) is 9.90 Å². The maximum atomic E-state index is 10.9. The standard InChI is InChI=1S/C51H103NO2.K/c1-3-5-7-9-11-13-15-17-19-21-23-25-27-29-31-33-35-37-39-41-44-48-52(50-46-43-47-51(53)54)49-45-42-40-38-36-34-32-30-28-26-24-22-20-18-16-14-12-10-8-6-4-2;/h3-50H2,1-2H3,(H,53,54);/q;+1/p-1. The maximum Gasteiger partial charge on any atom is 1.00 e. The molecule has 0 rings (SSSR count). The zero-order valence-corrected chi connectivity index (χ0v) is 41.8. The zero-order valence-electron chi connectivity index (χ0n) is 38.7. The third-order valence-corrected chi connectivity index (χ3v) is 12.3. The van der Waals surface area contributed by atoms with E-state index in [0.29, 0.717) is 0 Å². The van der Waals surface area contributed by atoms with Crippen molar-refractivity contribution >= 4 is 5.97 Å². The van der Waals surface area contributed by atoms with Crippen LogP contribution in [0.25, 0.3) is 0 Å². The van der Waals surface area contributed by atoms with Gasteiger partial charge in [-0.1, -0.05) is 271 Å². The van der Waals surface area contributed by atoms with E-state index in [4.69, 9.17) is 0 Å². The molecule has 0 radical (unpaired) electrons. The van der Waals surface area contributed by atoms with Crippen molar-refractivity contribution in [2.75, 3.05) is 19.6 Å². The van der Waals surface area contributed by atoms with Crippen molar-refractivity contribution in [1.82, 2.24) is 4.90 Å². The van der Waals surface area contributed by atoms with Crippen LogP contribution < -0.4 is 56.5 Å². The molecule has 0 bridgehead atoms. The summed E-state index contributed by atoms with van der Waals surface area (Å²) in [5, 5.41) is 10.9. The van der Waals surface area contributed by atoms with Gasteiger partial charge in [-0.3, -0.25) is 0 Å². The average Bonchev–Trinajstić information content (AvgIpc) is 3.17. The van der Waals surface area contributed by atoms with E-state index in [1.54, 1.807) is 0 Å². The monoisotopic (exact) mass is 800 g/mol. The van der Waals surface area contributed by atoms with Gasteiger partial charge in [0.25, 0.3) is 0 Å². The van der Waals surface area contributed by atoms with Crippen molar-refractivity contribution in [3.8, 4) is 0 Å². The van der Waals surface area contributed by atoms with Crippen LogP contribution >= 0.6 is 0 Å². The van der Waals surface area contributed by atoms with Gasteiger partial charge >= 0.3 is 51.4 Å². The number of nitrogens with zero attached hydrogens (tertiary/aromatic N) is 1. The van der Waals surface area contributed by atoms with Crippen molar-refractivity contribution < 1.29 is 61.3 Å². The SMILES string of the molecule is CCCCCCCCCCCCCCCCCCCCCCCN(CCCCCCCCCCCCCCCCCCCCCCC)CCCCC(=O)[O-].[K+]. The number of unbranched alkanes of at least 4 members (excludes halogenated alkanes) is 41. The summed E-state index contributed by atoms with van der Waals surface area (Å²) in [7, 11) is 0. The zero-order chi connectivity index (χ0) is 39.1. The van der Waals surface area contributed by atoms with Crippen molar-refractivity contribution in [1.29, 1.82) is 0 Å². The van der Waals surface area contributed by atoms with E-state index in [1.807, 2.05) is 0 Å². The minimum Gasteiger partial charge on any atom is -0.550 e. The van der Waals surface area contributed by atoms with E-state index >= 15 is 0 Å². The molecule has 324 valence electrons. The molecule has 3 nitrogen and oxygen atoms in total. The average molecular weight is 800 g/mol. The van der Waals surface area contributed by atoms with E-state index < -0.39 is 5.97 Å². The number of carbonyl (C=O) groups is 1. The Morgan fingerprint density at radius 1 is 0.291 bits per heavy atom. The first-order chi connectivity index (χ1) is 26.7. The molecule has 0 amide bonds. The first kappa shape index (κ1) is 58.2. The molecule has 0 N–H and O–H groups in total. The fourth-order valence-electron chi connectivity index (χ4n) is 8.47. The van der Waals surface area contributed by atoms with Gasteiger partial charge < -0.3 is 14.8 Å². The van der Waals surface area contributed by atoms with Gasteiger partial charge in [0, 0.05) is 5.97 Å². The molecule has 0 aliphatic carbocycles. The third-order valence-electron chi connectivity index (χ3n) is 12.3. The van der Waals surface area contributed by atoms with Gasteiger partial charge in [-0.05, 0) is 51.7 Å². The molecule has 0 aliphatic heterocycles. The molecular weight excluding hydrogens is 698 g/mol. The van der Waals surface area contributed by atoms with Gasteiger partial charge in [0.15, 0.2) is 0 Å². The smallest absolute Gasteiger partial charge is 0.550 e. The van der Waals surface area contributed by atoms with Gasteiger partial charge in [0.2, 0.25) is 0 Å². The largest absolute Gasteiger partial charge is 1.00 e. The van der Waals surface area contributed by atoms with Crippen molar-refractivity contribution in [2.24, 2.45) is 0 Å². The molecule has 0 spiro atoms. The number of hydrogen-bond acceptors (Lipinski definition) is 3. The normalized spacial score (nSPS) is 11.5. The first-order valence-electron chi connectivity index (χ1n) is 25.6. The predicted octanol–water partition coefficient (Wildman–Crippen LogP) is 13.6. The Balaban J connectivity index is 0. The molecule has 0 saturated heterocycles. The first-order valence-corrected chi connectivity index (χ1v) is 25.6. The molecule has 0 aromatic carbocycles. The Hall–Kier alpha value is 1.07. The van der Waals surface area contributed by atoms with Crippen LogP contribution in [0.5, 0.6) is 0 Å². The van der Waals surface area contributed by atoms with Crippen LogP contribution in [0.4, 0.5) is 0 Å². The summed E-state index contributed by atoms with van der Waals surface area (Å²) in [6, 6.07) is 0. The summed E-state index contributed by atoms with van der Waals surface area (Å²) >= 11 is 0. The third kappa shape index (κ3) is 53.0. The number of carbonyl (C=O) groups excluding carboxylic acids is 1. The van der Waals surface area contributed by atoms with Crippen LogP contribution in [0.15, 0.2) is 0 Å². The Kier molecular flexibility index (Phi) is 56.1. The van der Waals surface area contributed by atoms with Gasteiger partial charge in [0.1, 0.15) is 0 Å². The van der Waals surface area contributed by atoms with E-state index in [2.05, 4.69) is 18.7 Å². The molecule has 55 heavy (non-hydrogen) atoms. The minimum absolute atomic E-state index is 0. The van der Waals surface area contributed by atoms with Crippen molar-refractivity contribution in [3.63, 3.8) is 0 Å². The summed E-state index contributed by atoms with van der Waals surface area (Å²) in [6.45, 7) is 8.06. The van der Waals surface area contributed by atoms with Gasteiger partial charge in [-0.2, -0.15) is 0 Å². The van der Waals surface area contributed by atoms with Gasteiger partial charge in [-0.15, -0.1) is 0 Å². The van der Waals surface area contributed by atoms with Crippen molar-refractivity contribution in [3.05, 3.63) is 0 Å². The molecule has 0 saturated carbocycles. The molecule has 0 fully saturated rings. The topological polar surface area (TPSA) is 43.4 Å². The van der Waals surface area contributed by atoms with Crippen LogP contribution in [0.3, 0.4) is 0 Å². The van der Waals surface area contributed by atoms with Crippen LogP contribution in [0.1, 0.15) is 303 Å². The second-order valence-electron chi connectivity index (χ2n) is 17.8. The fourth-order valence-corrected chi connectivity index (χ4v) is 8.47. The van der Waals surface area contributed by atoms with Crippen LogP contribution in [-0.2, 0) is 4.79 Å². The molecule has 0 unspecified atom stereocenters. The molecular formula is C51H102KNO2. The molecule has 4 heteroatoms. The Morgan fingerprint density at radius 3 is 0.636 bits per heavy atom. The number of carboxylic acids is 1. The quantitative estimate of drug-likeness (QED) is 0.0455. The minimum atomic E-state index is -0.893. The maximum absolute atomic E-state index is 10.9. The van der Waals surface area contributed by atoms with Crippen molar-refractivity contribution in [2.45, 2.75) is 303 Å². The molecule has 0 aromatic heterocycles. The summed E-state index contributed by atoms with van der Waals surface area (Å²) < 4.78 is 0. The Labute approximate surface area is 391 Å². The molecule has 0 atom stereocenters. The number of aliphatic carboxylic acids is 1. The van der Waals surface area contributed by atoms with Gasteiger partial charge in [0.05, 0.1) is 0 Å². The summed E-state index contributed by atoms with van der Waals surface area (Å²) in [5.41, 5.74) is 0. The molecule has 0 aliphatic rings. The van der Waals surface area contributed by atoms with E-state index in [0.717, 1.165) is 19.4 Å². The van der Waals surface area contributed by atoms with Crippen LogP contribution in [-0.4, -0.2) is 30.5 Å². The van der Waals surface area contributed by atoms with E-state index in [1.165, 1.54) is 283 Å². The molecule has 0 aromatic rings. The Bertz CT molecular complexity index is 642. The number of carboxylic acid groups (broad SMARTS) is 1. The molecule has 0 heterocycles. The number of rotatable bonds is 49. The summed E-state index contributed by atoms with van der Waals surface area (Å²) in [4.78, 5) is 13.5. The second-order valence-corrected chi connectivity index (χ2v) is 17.8. The predicted molar refractivity (Wildman–Crippen MR) is 241 cm³/mol. The summed E-state index contributed by atoms with van der Waals surface area (Å²) in [5.74, 6) is -0.893. The second kappa shape index (κ2) is 53.1.